The van der Waals surface area contributed by atoms with Crippen LogP contribution in [0, 0.1) is 0 Å². The summed E-state index contributed by atoms with van der Waals surface area (Å²) in [6.45, 7) is 5.51. The van der Waals surface area contributed by atoms with Crippen molar-refractivity contribution in [3.8, 4) is 5.75 Å². The van der Waals surface area contributed by atoms with E-state index in [0.717, 1.165) is 17.0 Å². The third-order valence-corrected chi connectivity index (χ3v) is 3.59. The Morgan fingerprint density at radius 2 is 1.96 bits per heavy atom. The molecule has 23 heavy (non-hydrogen) atoms. The van der Waals surface area contributed by atoms with Crippen LogP contribution in [0.4, 0.5) is 0 Å². The summed E-state index contributed by atoms with van der Waals surface area (Å²) in [6, 6.07) is 8.19. The smallest absolute Gasteiger partial charge is 0.356 e. The average Bonchev–Trinajstić information content (AvgIpc) is 2.55. The molecule has 0 aliphatic carbocycles. The maximum Gasteiger partial charge on any atom is 0.356 e. The highest BCUT2D eigenvalue weighted by atomic mass is 16.5. The number of rotatable bonds is 7. The van der Waals surface area contributed by atoms with Crippen LogP contribution in [0.15, 0.2) is 36.7 Å². The molecule has 122 valence electrons. The van der Waals surface area contributed by atoms with E-state index in [1.807, 2.05) is 24.3 Å². The summed E-state index contributed by atoms with van der Waals surface area (Å²) < 4.78 is 5.40. The average molecular weight is 315 g/mol. The highest BCUT2D eigenvalue weighted by Gasteiger charge is 2.15. The standard InChI is InChI=1S/C17H21N3O3/c1-12(2)20(10-13-6-4-5-7-16(13)23-3)11-14-8-19-15(9-18-14)17(21)22/h4-9,12H,10-11H2,1-3H3,(H,21,22). The molecule has 0 aliphatic heterocycles. The van der Waals surface area contributed by atoms with E-state index in [2.05, 4.69) is 28.7 Å². The minimum atomic E-state index is -1.07. The third kappa shape index (κ3) is 4.50. The Hall–Kier alpha value is -2.47. The molecule has 1 N–H and O–H groups in total. The molecule has 0 radical (unpaired) electrons. The van der Waals surface area contributed by atoms with E-state index in [1.165, 1.54) is 12.4 Å². The van der Waals surface area contributed by atoms with Crippen LogP contribution >= 0.6 is 0 Å². The maximum absolute atomic E-state index is 10.8. The minimum Gasteiger partial charge on any atom is -0.496 e. The Morgan fingerprint density at radius 1 is 1.22 bits per heavy atom. The van der Waals surface area contributed by atoms with Crippen molar-refractivity contribution in [1.29, 1.82) is 0 Å². The number of hydrogen-bond donors (Lipinski definition) is 1. The van der Waals surface area contributed by atoms with Gasteiger partial charge in [0.2, 0.25) is 0 Å². The molecule has 0 saturated carbocycles. The van der Waals surface area contributed by atoms with E-state index in [4.69, 9.17) is 9.84 Å². The van der Waals surface area contributed by atoms with E-state index in [1.54, 1.807) is 7.11 Å². The lowest BCUT2D eigenvalue weighted by atomic mass is 10.1. The fourth-order valence-electron chi connectivity index (χ4n) is 2.23. The lowest BCUT2D eigenvalue weighted by Gasteiger charge is -2.26. The Bertz CT molecular complexity index is 656. The largest absolute Gasteiger partial charge is 0.496 e. The second kappa shape index (κ2) is 7.69. The highest BCUT2D eigenvalue weighted by molar-refractivity contribution is 5.84. The predicted molar refractivity (Wildman–Crippen MR) is 86.4 cm³/mol. The predicted octanol–water partition coefficient (Wildman–Crippen LogP) is 2.59. The van der Waals surface area contributed by atoms with Crippen LogP contribution in [0.2, 0.25) is 0 Å². The molecular weight excluding hydrogens is 294 g/mol. The van der Waals surface area contributed by atoms with Crippen molar-refractivity contribution in [2.75, 3.05) is 7.11 Å². The lowest BCUT2D eigenvalue weighted by molar-refractivity contribution is 0.0689. The number of nitrogens with zero attached hydrogens (tertiary/aromatic N) is 3. The van der Waals surface area contributed by atoms with E-state index >= 15 is 0 Å². The number of para-hydroxylation sites is 1. The number of hydrogen-bond acceptors (Lipinski definition) is 5. The van der Waals surface area contributed by atoms with Crippen molar-refractivity contribution >= 4 is 5.97 Å². The van der Waals surface area contributed by atoms with E-state index < -0.39 is 5.97 Å². The van der Waals surface area contributed by atoms with Crippen LogP contribution < -0.4 is 4.74 Å². The summed E-state index contributed by atoms with van der Waals surface area (Å²) in [7, 11) is 1.66. The topological polar surface area (TPSA) is 75.5 Å². The van der Waals surface area contributed by atoms with Gasteiger partial charge in [0, 0.05) is 24.7 Å². The van der Waals surface area contributed by atoms with Crippen LogP contribution in [0.1, 0.15) is 35.6 Å². The number of carboxylic acid groups (broad SMARTS) is 1. The highest BCUT2D eigenvalue weighted by Crippen LogP contribution is 2.21. The lowest BCUT2D eigenvalue weighted by Crippen LogP contribution is -2.30. The van der Waals surface area contributed by atoms with Gasteiger partial charge in [-0.2, -0.15) is 0 Å². The zero-order chi connectivity index (χ0) is 16.8. The molecule has 2 aromatic rings. The Balaban J connectivity index is 2.14. The SMILES string of the molecule is COc1ccccc1CN(Cc1cnc(C(=O)O)cn1)C(C)C. The van der Waals surface area contributed by atoms with Gasteiger partial charge < -0.3 is 9.84 Å². The van der Waals surface area contributed by atoms with Crippen LogP contribution in [-0.4, -0.2) is 39.1 Å². The molecule has 0 amide bonds. The van der Waals surface area contributed by atoms with Crippen molar-refractivity contribution in [2.24, 2.45) is 0 Å². The molecule has 0 fully saturated rings. The second-order valence-electron chi connectivity index (χ2n) is 5.51. The molecule has 2 rings (SSSR count). The molecule has 6 heteroatoms. The summed E-state index contributed by atoms with van der Waals surface area (Å²) in [5.74, 6) is -0.218. The van der Waals surface area contributed by atoms with Crippen LogP contribution in [0.5, 0.6) is 5.75 Å². The summed E-state index contributed by atoms with van der Waals surface area (Å²) in [5, 5.41) is 8.87. The van der Waals surface area contributed by atoms with Gasteiger partial charge in [-0.1, -0.05) is 18.2 Å². The van der Waals surface area contributed by atoms with Gasteiger partial charge in [0.25, 0.3) is 0 Å². The molecule has 0 bridgehead atoms. The molecule has 6 nitrogen and oxygen atoms in total. The molecule has 0 atom stereocenters. The molecule has 1 aromatic carbocycles. The first-order valence-corrected chi connectivity index (χ1v) is 7.41. The number of ether oxygens (including phenoxy) is 1. The van der Waals surface area contributed by atoms with Gasteiger partial charge in [-0.25, -0.2) is 9.78 Å². The number of aromatic nitrogens is 2. The van der Waals surface area contributed by atoms with Crippen LogP contribution in [-0.2, 0) is 13.1 Å². The number of methoxy groups -OCH3 is 1. The molecular formula is C17H21N3O3. The monoisotopic (exact) mass is 315 g/mol. The fourth-order valence-corrected chi connectivity index (χ4v) is 2.23. The Labute approximate surface area is 135 Å². The zero-order valence-electron chi connectivity index (χ0n) is 13.6. The summed E-state index contributed by atoms with van der Waals surface area (Å²) >= 11 is 0. The first-order valence-electron chi connectivity index (χ1n) is 7.41. The fraction of sp³-hybridized carbons (Fsp3) is 0.353. The van der Waals surface area contributed by atoms with Crippen molar-refractivity contribution in [2.45, 2.75) is 33.0 Å². The van der Waals surface area contributed by atoms with Gasteiger partial charge in [-0.05, 0) is 19.9 Å². The summed E-state index contributed by atoms with van der Waals surface area (Å²) in [4.78, 5) is 21.2. The van der Waals surface area contributed by atoms with Crippen molar-refractivity contribution in [3.63, 3.8) is 0 Å². The first kappa shape index (κ1) is 16.9. The number of aromatic carboxylic acids is 1. The minimum absolute atomic E-state index is 0.0467. The molecule has 0 unspecified atom stereocenters. The van der Waals surface area contributed by atoms with Crippen molar-refractivity contribution in [3.05, 3.63) is 53.6 Å². The molecule has 1 aromatic heterocycles. The summed E-state index contributed by atoms with van der Waals surface area (Å²) in [5.41, 5.74) is 1.78. The van der Waals surface area contributed by atoms with Gasteiger partial charge in [0.15, 0.2) is 5.69 Å². The maximum atomic E-state index is 10.8. The van der Waals surface area contributed by atoms with E-state index in [0.29, 0.717) is 19.1 Å². The number of carboxylic acids is 1. The number of benzene rings is 1. The van der Waals surface area contributed by atoms with Gasteiger partial charge in [-0.15, -0.1) is 0 Å². The third-order valence-electron chi connectivity index (χ3n) is 3.59. The Kier molecular flexibility index (Phi) is 5.65. The molecule has 0 saturated heterocycles. The molecule has 0 spiro atoms. The zero-order valence-corrected chi connectivity index (χ0v) is 13.6. The van der Waals surface area contributed by atoms with Gasteiger partial charge >= 0.3 is 5.97 Å². The normalized spacial score (nSPS) is 11.0. The van der Waals surface area contributed by atoms with E-state index in [9.17, 15) is 4.79 Å². The number of carbonyl (C=O) groups is 1. The van der Waals surface area contributed by atoms with Crippen LogP contribution in [0.25, 0.3) is 0 Å². The second-order valence-corrected chi connectivity index (χ2v) is 5.51. The van der Waals surface area contributed by atoms with Gasteiger partial charge in [0.05, 0.1) is 25.2 Å². The van der Waals surface area contributed by atoms with Gasteiger partial charge in [0.1, 0.15) is 5.75 Å². The van der Waals surface area contributed by atoms with Crippen molar-refractivity contribution in [1.82, 2.24) is 14.9 Å². The molecule has 1 heterocycles. The van der Waals surface area contributed by atoms with Crippen LogP contribution in [0.3, 0.4) is 0 Å². The Morgan fingerprint density at radius 3 is 2.52 bits per heavy atom. The first-order chi connectivity index (χ1) is 11.0. The quantitative estimate of drug-likeness (QED) is 0.846. The summed E-state index contributed by atoms with van der Waals surface area (Å²) in [6.07, 6.45) is 2.81. The van der Waals surface area contributed by atoms with E-state index in [-0.39, 0.29) is 5.69 Å². The molecule has 0 aliphatic rings. The van der Waals surface area contributed by atoms with Gasteiger partial charge in [-0.3, -0.25) is 9.88 Å². The van der Waals surface area contributed by atoms with Crippen molar-refractivity contribution < 1.29 is 14.6 Å².